The highest BCUT2D eigenvalue weighted by Gasteiger charge is 2.18. The van der Waals surface area contributed by atoms with E-state index in [1.165, 1.54) is 38.4 Å². The Hall–Kier alpha value is -2.49. The first-order valence-electron chi connectivity index (χ1n) is 8.50. The molecule has 0 atom stereocenters. The SMILES string of the molecule is CN(C)S(=O)(=O)c1ccc(C(=O)Nc2ccc(N3CCOCC3)nc2)cc1. The summed E-state index contributed by atoms with van der Waals surface area (Å²) < 4.78 is 30.6. The summed E-state index contributed by atoms with van der Waals surface area (Å²) >= 11 is 0. The molecule has 1 aromatic heterocycles. The number of rotatable bonds is 5. The molecular formula is C18H22N4O4S. The molecule has 0 spiro atoms. The van der Waals surface area contributed by atoms with Crippen molar-refractivity contribution >= 4 is 27.4 Å². The van der Waals surface area contributed by atoms with Crippen LogP contribution in [-0.2, 0) is 14.8 Å². The zero-order valence-corrected chi connectivity index (χ0v) is 16.1. The highest BCUT2D eigenvalue weighted by Crippen LogP contribution is 2.17. The number of nitrogens with zero attached hydrogens (tertiary/aromatic N) is 3. The Balaban J connectivity index is 1.66. The number of carbonyl (C=O) groups is 1. The number of hydrogen-bond acceptors (Lipinski definition) is 6. The van der Waals surface area contributed by atoms with Crippen molar-refractivity contribution in [2.24, 2.45) is 0 Å². The molecule has 1 aromatic carbocycles. The van der Waals surface area contributed by atoms with E-state index >= 15 is 0 Å². The Labute approximate surface area is 158 Å². The number of amides is 1. The molecule has 1 N–H and O–H groups in total. The fourth-order valence-electron chi connectivity index (χ4n) is 2.63. The summed E-state index contributed by atoms with van der Waals surface area (Å²) in [4.78, 5) is 19.0. The molecule has 8 nitrogen and oxygen atoms in total. The average molecular weight is 390 g/mol. The van der Waals surface area contributed by atoms with Crippen LogP contribution >= 0.6 is 0 Å². The van der Waals surface area contributed by atoms with Gasteiger partial charge in [-0.15, -0.1) is 0 Å². The van der Waals surface area contributed by atoms with Crippen molar-refractivity contribution in [2.75, 3.05) is 50.6 Å². The van der Waals surface area contributed by atoms with Crippen LogP contribution in [0.25, 0.3) is 0 Å². The third-order valence-corrected chi connectivity index (χ3v) is 6.07. The number of aromatic nitrogens is 1. The van der Waals surface area contributed by atoms with Crippen LogP contribution in [0.3, 0.4) is 0 Å². The van der Waals surface area contributed by atoms with Crippen LogP contribution in [0.1, 0.15) is 10.4 Å². The lowest BCUT2D eigenvalue weighted by atomic mass is 10.2. The molecule has 1 amide bonds. The Bertz CT molecular complexity index is 890. The molecule has 9 heteroatoms. The van der Waals surface area contributed by atoms with Gasteiger partial charge in [0, 0.05) is 32.7 Å². The largest absolute Gasteiger partial charge is 0.378 e. The summed E-state index contributed by atoms with van der Waals surface area (Å²) in [5.41, 5.74) is 0.937. The van der Waals surface area contributed by atoms with Crippen molar-refractivity contribution in [3.8, 4) is 0 Å². The summed E-state index contributed by atoms with van der Waals surface area (Å²) in [6, 6.07) is 9.46. The zero-order valence-electron chi connectivity index (χ0n) is 15.3. The molecule has 1 saturated heterocycles. The van der Waals surface area contributed by atoms with Crippen LogP contribution in [0.5, 0.6) is 0 Å². The van der Waals surface area contributed by atoms with Crippen LogP contribution in [0.2, 0.25) is 0 Å². The fourth-order valence-corrected chi connectivity index (χ4v) is 3.53. The van der Waals surface area contributed by atoms with Gasteiger partial charge >= 0.3 is 0 Å². The van der Waals surface area contributed by atoms with E-state index in [0.717, 1.165) is 23.2 Å². The summed E-state index contributed by atoms with van der Waals surface area (Å²) in [6.07, 6.45) is 1.60. The Morgan fingerprint density at radius 1 is 1.11 bits per heavy atom. The molecule has 0 saturated carbocycles. The first-order valence-corrected chi connectivity index (χ1v) is 9.94. The molecule has 1 fully saturated rings. The van der Waals surface area contributed by atoms with Crippen LogP contribution in [0.15, 0.2) is 47.5 Å². The van der Waals surface area contributed by atoms with Crippen LogP contribution in [0.4, 0.5) is 11.5 Å². The quantitative estimate of drug-likeness (QED) is 0.830. The summed E-state index contributed by atoms with van der Waals surface area (Å²) in [7, 11) is -0.592. The number of ether oxygens (including phenoxy) is 1. The van der Waals surface area contributed by atoms with Crippen LogP contribution in [-0.4, -0.2) is 64.0 Å². The lowest BCUT2D eigenvalue weighted by molar-refractivity contribution is 0.102. The monoisotopic (exact) mass is 390 g/mol. The van der Waals surface area contributed by atoms with Gasteiger partial charge in [-0.05, 0) is 36.4 Å². The first-order chi connectivity index (χ1) is 12.9. The minimum absolute atomic E-state index is 0.139. The molecule has 3 rings (SSSR count). The maximum absolute atomic E-state index is 12.4. The van der Waals surface area contributed by atoms with Gasteiger partial charge < -0.3 is 15.0 Å². The molecule has 1 aliphatic heterocycles. The highest BCUT2D eigenvalue weighted by molar-refractivity contribution is 7.89. The van der Waals surface area contributed by atoms with Crippen molar-refractivity contribution in [3.63, 3.8) is 0 Å². The smallest absolute Gasteiger partial charge is 0.255 e. The van der Waals surface area contributed by atoms with Gasteiger partial charge in [-0.3, -0.25) is 4.79 Å². The molecule has 144 valence electrons. The lowest BCUT2D eigenvalue weighted by Crippen LogP contribution is -2.36. The number of hydrogen-bond donors (Lipinski definition) is 1. The van der Waals surface area contributed by atoms with E-state index in [-0.39, 0.29) is 10.8 Å². The van der Waals surface area contributed by atoms with Gasteiger partial charge in [-0.25, -0.2) is 17.7 Å². The molecule has 0 radical (unpaired) electrons. The van der Waals surface area contributed by atoms with E-state index in [1.807, 2.05) is 6.07 Å². The number of sulfonamides is 1. The van der Waals surface area contributed by atoms with Crippen LogP contribution in [0, 0.1) is 0 Å². The molecule has 0 unspecified atom stereocenters. The molecule has 2 heterocycles. The van der Waals surface area contributed by atoms with Crippen LogP contribution < -0.4 is 10.2 Å². The van der Waals surface area contributed by atoms with Crippen molar-refractivity contribution in [3.05, 3.63) is 48.2 Å². The number of morpholine rings is 1. The molecule has 2 aromatic rings. The highest BCUT2D eigenvalue weighted by atomic mass is 32.2. The minimum atomic E-state index is -3.52. The molecule has 0 aliphatic carbocycles. The predicted octanol–water partition coefficient (Wildman–Crippen LogP) is 1.42. The maximum atomic E-state index is 12.4. The second kappa shape index (κ2) is 8.03. The van der Waals surface area contributed by atoms with E-state index < -0.39 is 10.0 Å². The second-order valence-electron chi connectivity index (χ2n) is 6.27. The van der Waals surface area contributed by atoms with E-state index in [9.17, 15) is 13.2 Å². The second-order valence-corrected chi connectivity index (χ2v) is 8.42. The topological polar surface area (TPSA) is 91.8 Å². The van der Waals surface area contributed by atoms with Crippen molar-refractivity contribution in [2.45, 2.75) is 4.90 Å². The summed E-state index contributed by atoms with van der Waals surface area (Å²) in [5, 5.41) is 2.76. The predicted molar refractivity (Wildman–Crippen MR) is 103 cm³/mol. The number of benzene rings is 1. The molecular weight excluding hydrogens is 368 g/mol. The minimum Gasteiger partial charge on any atom is -0.378 e. The molecule has 27 heavy (non-hydrogen) atoms. The zero-order chi connectivity index (χ0) is 19.4. The number of anilines is 2. The van der Waals surface area contributed by atoms with Gasteiger partial charge in [0.05, 0.1) is 30.0 Å². The number of carbonyl (C=O) groups excluding carboxylic acids is 1. The van der Waals surface area contributed by atoms with E-state index in [1.54, 1.807) is 12.3 Å². The summed E-state index contributed by atoms with van der Waals surface area (Å²) in [6.45, 7) is 2.95. The van der Waals surface area contributed by atoms with Gasteiger partial charge in [-0.2, -0.15) is 0 Å². The van der Waals surface area contributed by atoms with Crippen molar-refractivity contribution in [1.82, 2.24) is 9.29 Å². The van der Waals surface area contributed by atoms with E-state index in [0.29, 0.717) is 24.5 Å². The molecule has 0 bridgehead atoms. The number of nitrogens with one attached hydrogen (secondary N) is 1. The van der Waals surface area contributed by atoms with Crippen molar-refractivity contribution < 1.29 is 17.9 Å². The maximum Gasteiger partial charge on any atom is 0.255 e. The van der Waals surface area contributed by atoms with Gasteiger partial charge in [0.25, 0.3) is 5.91 Å². The first kappa shape index (κ1) is 19.3. The third kappa shape index (κ3) is 4.44. The third-order valence-electron chi connectivity index (χ3n) is 4.24. The summed E-state index contributed by atoms with van der Waals surface area (Å²) in [5.74, 6) is 0.513. The number of pyridine rings is 1. The van der Waals surface area contributed by atoms with Gasteiger partial charge in [0.1, 0.15) is 5.82 Å². The average Bonchev–Trinajstić information content (AvgIpc) is 2.69. The van der Waals surface area contributed by atoms with Gasteiger partial charge in [0.15, 0.2) is 0 Å². The van der Waals surface area contributed by atoms with Gasteiger partial charge in [0.2, 0.25) is 10.0 Å². The Morgan fingerprint density at radius 3 is 2.33 bits per heavy atom. The molecule has 1 aliphatic rings. The Kier molecular flexibility index (Phi) is 5.73. The lowest BCUT2D eigenvalue weighted by Gasteiger charge is -2.27. The standard InChI is InChI=1S/C18H22N4O4S/c1-21(2)27(24,25)16-6-3-14(4-7-16)18(23)20-15-5-8-17(19-13-15)22-9-11-26-12-10-22/h3-8,13H,9-12H2,1-2H3,(H,20,23). The van der Waals surface area contributed by atoms with Crippen molar-refractivity contribution in [1.29, 1.82) is 0 Å². The van der Waals surface area contributed by atoms with E-state index in [2.05, 4.69) is 15.2 Å². The van der Waals surface area contributed by atoms with E-state index in [4.69, 9.17) is 4.74 Å². The Morgan fingerprint density at radius 2 is 1.78 bits per heavy atom. The fraction of sp³-hybridized carbons (Fsp3) is 0.333. The van der Waals surface area contributed by atoms with Gasteiger partial charge in [-0.1, -0.05) is 0 Å². The normalized spacial score (nSPS) is 15.0.